The summed E-state index contributed by atoms with van der Waals surface area (Å²) >= 11 is 5.82. The second-order valence-electron chi connectivity index (χ2n) is 2.32. The number of halogens is 1. The number of rotatable bonds is 2. The Morgan fingerprint density at radius 2 is 1.67 bits per heavy atom. The summed E-state index contributed by atoms with van der Waals surface area (Å²) in [7, 11) is 3.48. The molecule has 1 aromatic carbocycles. The van der Waals surface area contributed by atoms with E-state index < -0.39 is 0 Å². The van der Waals surface area contributed by atoms with Crippen LogP contribution < -0.4 is 10.6 Å². The average Bonchev–Trinajstić information content (AvgIpc) is 2.10. The lowest BCUT2D eigenvalue weighted by atomic mass is 10.2. The molecule has 0 aliphatic heterocycles. The molecule has 0 amide bonds. The molecule has 12 heavy (non-hydrogen) atoms. The number of hydrogen-bond acceptors (Lipinski definition) is 3. The van der Waals surface area contributed by atoms with Crippen LogP contribution in [-0.2, 0) is 0 Å². The first-order chi connectivity index (χ1) is 5.70. The molecule has 0 atom stereocenters. The predicted octanol–water partition coefficient (Wildman–Crippen LogP) is 2.13. The summed E-state index contributed by atoms with van der Waals surface area (Å²) in [6.45, 7) is 0. The van der Waals surface area contributed by atoms with E-state index in [4.69, 9.17) is 11.6 Å². The molecule has 0 fully saturated rings. The Balaban J connectivity index is 3.20. The highest BCUT2D eigenvalue weighted by Gasteiger charge is 2.07. The van der Waals surface area contributed by atoms with Crippen molar-refractivity contribution in [1.82, 2.24) is 0 Å². The Morgan fingerprint density at radius 3 is 2.17 bits per heavy atom. The van der Waals surface area contributed by atoms with Crippen LogP contribution in [0.1, 0.15) is 0 Å². The van der Waals surface area contributed by atoms with Gasteiger partial charge in [0.25, 0.3) is 0 Å². The molecule has 1 rings (SSSR count). The summed E-state index contributed by atoms with van der Waals surface area (Å²) in [5, 5.41) is 15.5. The van der Waals surface area contributed by atoms with E-state index in [1.165, 1.54) is 0 Å². The van der Waals surface area contributed by atoms with E-state index in [9.17, 15) is 5.11 Å². The van der Waals surface area contributed by atoms with E-state index in [0.29, 0.717) is 16.4 Å². The molecule has 0 heterocycles. The van der Waals surface area contributed by atoms with Crippen LogP contribution in [0.3, 0.4) is 0 Å². The van der Waals surface area contributed by atoms with Crippen LogP contribution in [0, 0.1) is 0 Å². The smallest absolute Gasteiger partial charge is 0.159 e. The summed E-state index contributed by atoms with van der Waals surface area (Å²) in [5.74, 6) is 0.0750. The van der Waals surface area contributed by atoms with Crippen molar-refractivity contribution in [1.29, 1.82) is 0 Å². The average molecular weight is 187 g/mol. The molecule has 0 aliphatic rings. The summed E-state index contributed by atoms with van der Waals surface area (Å²) < 4.78 is 0. The molecule has 0 unspecified atom stereocenters. The molecule has 66 valence electrons. The van der Waals surface area contributed by atoms with E-state index in [1.807, 2.05) is 0 Å². The van der Waals surface area contributed by atoms with Crippen LogP contribution in [0.2, 0.25) is 5.02 Å². The third-order valence-corrected chi connectivity index (χ3v) is 2.04. The molecule has 0 aromatic heterocycles. The van der Waals surface area contributed by atoms with E-state index >= 15 is 0 Å². The monoisotopic (exact) mass is 186 g/mol. The third-order valence-electron chi connectivity index (χ3n) is 1.65. The maximum Gasteiger partial charge on any atom is 0.159 e. The maximum absolute atomic E-state index is 9.48. The minimum Gasteiger partial charge on any atom is -0.504 e. The summed E-state index contributed by atoms with van der Waals surface area (Å²) in [6, 6.07) is 3.56. The zero-order valence-electron chi connectivity index (χ0n) is 6.98. The topological polar surface area (TPSA) is 44.3 Å². The van der Waals surface area contributed by atoms with Gasteiger partial charge in [-0.25, -0.2) is 0 Å². The first kappa shape index (κ1) is 9.00. The second-order valence-corrected chi connectivity index (χ2v) is 2.70. The van der Waals surface area contributed by atoms with Gasteiger partial charge in [-0.2, -0.15) is 0 Å². The van der Waals surface area contributed by atoms with Gasteiger partial charge in [-0.3, -0.25) is 0 Å². The standard InChI is InChI=1S/C8H11ClN2O/c1-10-5-3-4-6(11-2)8(12)7(5)9/h3-4,10-12H,1-2H3. The van der Waals surface area contributed by atoms with Gasteiger partial charge in [0.15, 0.2) is 5.75 Å². The third kappa shape index (κ3) is 1.41. The van der Waals surface area contributed by atoms with Crippen molar-refractivity contribution in [3.8, 4) is 5.75 Å². The van der Waals surface area contributed by atoms with Gasteiger partial charge in [-0.05, 0) is 12.1 Å². The van der Waals surface area contributed by atoms with E-state index in [0.717, 1.165) is 0 Å². The largest absolute Gasteiger partial charge is 0.504 e. The predicted molar refractivity (Wildman–Crippen MR) is 52.2 cm³/mol. The van der Waals surface area contributed by atoms with Crippen molar-refractivity contribution in [2.45, 2.75) is 0 Å². The van der Waals surface area contributed by atoms with Gasteiger partial charge >= 0.3 is 0 Å². The molecule has 0 spiro atoms. The number of nitrogens with one attached hydrogen (secondary N) is 2. The normalized spacial score (nSPS) is 9.58. The number of aromatic hydroxyl groups is 1. The Morgan fingerprint density at radius 1 is 1.17 bits per heavy atom. The number of hydrogen-bond donors (Lipinski definition) is 3. The van der Waals surface area contributed by atoms with Crippen LogP contribution in [0.4, 0.5) is 11.4 Å². The highest BCUT2D eigenvalue weighted by atomic mass is 35.5. The molecule has 3 N–H and O–H groups in total. The fourth-order valence-electron chi connectivity index (χ4n) is 0.959. The lowest BCUT2D eigenvalue weighted by Crippen LogP contribution is -1.93. The zero-order valence-corrected chi connectivity index (χ0v) is 7.74. The van der Waals surface area contributed by atoms with Gasteiger partial charge in [0, 0.05) is 14.1 Å². The number of phenolic OH excluding ortho intramolecular Hbond substituents is 1. The van der Waals surface area contributed by atoms with Crippen LogP contribution in [0.15, 0.2) is 12.1 Å². The Labute approximate surface area is 76.4 Å². The minimum atomic E-state index is 0.0750. The number of benzene rings is 1. The first-order valence-corrected chi connectivity index (χ1v) is 3.95. The molecule has 3 nitrogen and oxygen atoms in total. The Hall–Kier alpha value is -1.09. The Kier molecular flexibility index (Phi) is 2.65. The molecular weight excluding hydrogens is 176 g/mol. The molecule has 0 saturated carbocycles. The minimum absolute atomic E-state index is 0.0750. The molecule has 0 radical (unpaired) electrons. The van der Waals surface area contributed by atoms with Crippen molar-refractivity contribution in [3.05, 3.63) is 17.2 Å². The van der Waals surface area contributed by atoms with Crippen molar-refractivity contribution >= 4 is 23.0 Å². The molecule has 1 aromatic rings. The maximum atomic E-state index is 9.48. The Bertz CT molecular complexity index is 260. The number of phenols is 1. The molecule has 4 heteroatoms. The van der Waals surface area contributed by atoms with E-state index in [-0.39, 0.29) is 5.75 Å². The van der Waals surface area contributed by atoms with Crippen LogP contribution in [-0.4, -0.2) is 19.2 Å². The summed E-state index contributed by atoms with van der Waals surface area (Å²) in [6.07, 6.45) is 0. The van der Waals surface area contributed by atoms with Crippen LogP contribution in [0.5, 0.6) is 5.75 Å². The first-order valence-electron chi connectivity index (χ1n) is 3.57. The zero-order chi connectivity index (χ0) is 9.14. The fourth-order valence-corrected chi connectivity index (χ4v) is 1.22. The second kappa shape index (κ2) is 3.54. The summed E-state index contributed by atoms with van der Waals surface area (Å²) in [4.78, 5) is 0. The van der Waals surface area contributed by atoms with Gasteiger partial charge in [0.2, 0.25) is 0 Å². The van der Waals surface area contributed by atoms with Crippen LogP contribution in [0.25, 0.3) is 0 Å². The van der Waals surface area contributed by atoms with Crippen molar-refractivity contribution in [3.63, 3.8) is 0 Å². The van der Waals surface area contributed by atoms with E-state index in [1.54, 1.807) is 26.2 Å². The highest BCUT2D eigenvalue weighted by molar-refractivity contribution is 6.35. The highest BCUT2D eigenvalue weighted by Crippen LogP contribution is 2.36. The van der Waals surface area contributed by atoms with Gasteiger partial charge in [-0.15, -0.1) is 0 Å². The van der Waals surface area contributed by atoms with E-state index in [2.05, 4.69) is 10.6 Å². The molecule has 0 bridgehead atoms. The van der Waals surface area contributed by atoms with Gasteiger partial charge in [-0.1, -0.05) is 11.6 Å². The molecule has 0 saturated heterocycles. The molecule has 0 aliphatic carbocycles. The fraction of sp³-hybridized carbons (Fsp3) is 0.250. The van der Waals surface area contributed by atoms with Gasteiger partial charge in [0.05, 0.1) is 11.4 Å². The number of anilines is 2. The van der Waals surface area contributed by atoms with Gasteiger partial charge < -0.3 is 15.7 Å². The van der Waals surface area contributed by atoms with Crippen molar-refractivity contribution in [2.75, 3.05) is 24.7 Å². The lowest BCUT2D eigenvalue weighted by Gasteiger charge is -2.09. The lowest BCUT2D eigenvalue weighted by molar-refractivity contribution is 0.478. The molecular formula is C8H11ClN2O. The van der Waals surface area contributed by atoms with Gasteiger partial charge in [0.1, 0.15) is 5.02 Å². The quantitative estimate of drug-likeness (QED) is 0.620. The van der Waals surface area contributed by atoms with Crippen molar-refractivity contribution < 1.29 is 5.11 Å². The van der Waals surface area contributed by atoms with Crippen LogP contribution >= 0.6 is 11.6 Å². The van der Waals surface area contributed by atoms with Crippen molar-refractivity contribution in [2.24, 2.45) is 0 Å². The SMILES string of the molecule is CNc1ccc(NC)c(Cl)c1O. The summed E-state index contributed by atoms with van der Waals surface area (Å²) in [5.41, 5.74) is 1.34.